The van der Waals surface area contributed by atoms with Gasteiger partial charge in [0.1, 0.15) is 0 Å². The maximum atomic E-state index is 12.7. The Hall–Kier alpha value is -2.45. The SMILES string of the molecule is Cc1cccc(CN2CCN(C(=O)CSc3nc4nc(C)c(C)c(C)n4n3)CC2)c1. The monoisotopic (exact) mass is 424 g/mol. The number of carbonyl (C=O) groups is 1. The fraction of sp³-hybridized carbons (Fsp3) is 0.455. The van der Waals surface area contributed by atoms with Crippen LogP contribution in [0.5, 0.6) is 0 Å². The van der Waals surface area contributed by atoms with Crippen LogP contribution in [0.15, 0.2) is 29.4 Å². The second-order valence-corrected chi connectivity index (χ2v) is 8.89. The second-order valence-electron chi connectivity index (χ2n) is 7.95. The van der Waals surface area contributed by atoms with E-state index in [2.05, 4.69) is 51.2 Å². The highest BCUT2D eigenvalue weighted by Crippen LogP contribution is 2.19. The second kappa shape index (κ2) is 8.73. The third-order valence-electron chi connectivity index (χ3n) is 5.78. The molecule has 2 aromatic heterocycles. The van der Waals surface area contributed by atoms with Crippen molar-refractivity contribution >= 4 is 23.4 Å². The number of hydrogen-bond acceptors (Lipinski definition) is 6. The number of fused-ring (bicyclic) bond motifs is 1. The standard InChI is InChI=1S/C22H28N6OS/c1-15-6-5-7-19(12-15)13-26-8-10-27(11-9-26)20(29)14-30-22-24-21-23-17(3)16(2)18(4)28(21)25-22/h5-7,12H,8-11,13-14H2,1-4H3. The number of nitrogens with zero attached hydrogens (tertiary/aromatic N) is 6. The van der Waals surface area contributed by atoms with Gasteiger partial charge in [-0.3, -0.25) is 9.69 Å². The molecular weight excluding hydrogens is 396 g/mol. The fourth-order valence-electron chi connectivity index (χ4n) is 3.74. The predicted molar refractivity (Wildman–Crippen MR) is 119 cm³/mol. The number of carbonyl (C=O) groups excluding carboxylic acids is 1. The largest absolute Gasteiger partial charge is 0.339 e. The van der Waals surface area contributed by atoms with E-state index in [1.165, 1.54) is 22.9 Å². The summed E-state index contributed by atoms with van der Waals surface area (Å²) < 4.78 is 1.76. The average molecular weight is 425 g/mol. The highest BCUT2D eigenvalue weighted by Gasteiger charge is 2.22. The maximum Gasteiger partial charge on any atom is 0.253 e. The summed E-state index contributed by atoms with van der Waals surface area (Å²) in [7, 11) is 0. The van der Waals surface area contributed by atoms with Crippen molar-refractivity contribution in [3.05, 3.63) is 52.3 Å². The molecule has 0 spiro atoms. The molecule has 1 aliphatic heterocycles. The van der Waals surface area contributed by atoms with Gasteiger partial charge in [0.15, 0.2) is 0 Å². The number of hydrogen-bond donors (Lipinski definition) is 0. The minimum absolute atomic E-state index is 0.145. The van der Waals surface area contributed by atoms with Crippen LogP contribution in [0.3, 0.4) is 0 Å². The molecule has 1 amide bonds. The van der Waals surface area contributed by atoms with Gasteiger partial charge in [-0.25, -0.2) is 9.50 Å². The third-order valence-corrected chi connectivity index (χ3v) is 6.60. The number of aryl methyl sites for hydroxylation is 3. The van der Waals surface area contributed by atoms with Crippen molar-refractivity contribution in [1.29, 1.82) is 0 Å². The lowest BCUT2D eigenvalue weighted by Crippen LogP contribution is -2.48. The molecule has 7 nitrogen and oxygen atoms in total. The van der Waals surface area contributed by atoms with Gasteiger partial charge in [0.2, 0.25) is 11.1 Å². The highest BCUT2D eigenvalue weighted by atomic mass is 32.2. The summed E-state index contributed by atoms with van der Waals surface area (Å²) in [6, 6.07) is 8.63. The van der Waals surface area contributed by atoms with Crippen LogP contribution in [0.4, 0.5) is 0 Å². The van der Waals surface area contributed by atoms with Crippen molar-refractivity contribution < 1.29 is 4.79 Å². The van der Waals surface area contributed by atoms with Gasteiger partial charge in [0.05, 0.1) is 5.75 Å². The molecule has 0 saturated carbocycles. The van der Waals surface area contributed by atoms with Crippen molar-refractivity contribution in [2.45, 2.75) is 39.4 Å². The van der Waals surface area contributed by atoms with Crippen LogP contribution >= 0.6 is 11.8 Å². The molecule has 3 heterocycles. The molecule has 1 aromatic carbocycles. The molecule has 1 aliphatic rings. The van der Waals surface area contributed by atoms with Crippen LogP contribution < -0.4 is 0 Å². The van der Waals surface area contributed by atoms with E-state index >= 15 is 0 Å². The van der Waals surface area contributed by atoms with Crippen molar-refractivity contribution in [2.24, 2.45) is 0 Å². The van der Waals surface area contributed by atoms with Crippen molar-refractivity contribution in [2.75, 3.05) is 31.9 Å². The average Bonchev–Trinajstić information content (AvgIpc) is 3.14. The molecule has 0 aliphatic carbocycles. The first kappa shape index (κ1) is 20.8. The smallest absolute Gasteiger partial charge is 0.253 e. The van der Waals surface area contributed by atoms with Crippen LogP contribution in [0.2, 0.25) is 0 Å². The number of rotatable bonds is 5. The summed E-state index contributed by atoms with van der Waals surface area (Å²) in [4.78, 5) is 26.0. The number of piperazine rings is 1. The summed E-state index contributed by atoms with van der Waals surface area (Å²) in [6.07, 6.45) is 0. The van der Waals surface area contributed by atoms with Crippen LogP contribution in [-0.4, -0.2) is 67.2 Å². The quantitative estimate of drug-likeness (QED) is 0.587. The lowest BCUT2D eigenvalue weighted by Gasteiger charge is -2.34. The van der Waals surface area contributed by atoms with Crippen molar-refractivity contribution in [1.82, 2.24) is 29.4 Å². The van der Waals surface area contributed by atoms with E-state index in [1.54, 1.807) is 4.52 Å². The summed E-state index contributed by atoms with van der Waals surface area (Å²) in [5.41, 5.74) is 5.73. The minimum atomic E-state index is 0.145. The van der Waals surface area contributed by atoms with Crippen LogP contribution in [0.25, 0.3) is 5.78 Å². The van der Waals surface area contributed by atoms with Gasteiger partial charge in [-0.15, -0.1) is 5.10 Å². The first-order chi connectivity index (χ1) is 14.4. The van der Waals surface area contributed by atoms with E-state index in [4.69, 9.17) is 0 Å². The molecule has 1 saturated heterocycles. The van der Waals surface area contributed by atoms with E-state index in [0.29, 0.717) is 16.7 Å². The van der Waals surface area contributed by atoms with E-state index in [0.717, 1.165) is 49.7 Å². The Labute approximate surface area is 181 Å². The zero-order valence-electron chi connectivity index (χ0n) is 18.1. The molecule has 0 atom stereocenters. The zero-order valence-corrected chi connectivity index (χ0v) is 18.9. The normalized spacial score (nSPS) is 15.1. The molecule has 4 rings (SSSR count). The number of amides is 1. The molecule has 1 fully saturated rings. The predicted octanol–water partition coefficient (Wildman–Crippen LogP) is 2.79. The van der Waals surface area contributed by atoms with E-state index < -0.39 is 0 Å². The van der Waals surface area contributed by atoms with Gasteiger partial charge in [-0.05, 0) is 38.8 Å². The van der Waals surface area contributed by atoms with Gasteiger partial charge in [-0.1, -0.05) is 41.6 Å². The Morgan fingerprint density at radius 1 is 1.07 bits per heavy atom. The maximum absolute atomic E-state index is 12.7. The van der Waals surface area contributed by atoms with Crippen molar-refractivity contribution in [3.8, 4) is 0 Å². The lowest BCUT2D eigenvalue weighted by atomic mass is 10.1. The van der Waals surface area contributed by atoms with E-state index in [-0.39, 0.29) is 5.91 Å². The Kier molecular flexibility index (Phi) is 6.06. The zero-order chi connectivity index (χ0) is 21.3. The van der Waals surface area contributed by atoms with Crippen LogP contribution in [0.1, 0.15) is 28.1 Å². The van der Waals surface area contributed by atoms with Crippen LogP contribution in [0, 0.1) is 27.7 Å². The number of aromatic nitrogens is 4. The van der Waals surface area contributed by atoms with Gasteiger partial charge < -0.3 is 4.90 Å². The molecule has 3 aromatic rings. The first-order valence-electron chi connectivity index (χ1n) is 10.3. The van der Waals surface area contributed by atoms with Crippen LogP contribution in [-0.2, 0) is 11.3 Å². The molecule has 30 heavy (non-hydrogen) atoms. The summed E-state index contributed by atoms with van der Waals surface area (Å²) in [5.74, 6) is 1.09. The molecule has 0 radical (unpaired) electrons. The molecule has 0 unspecified atom stereocenters. The molecule has 0 bridgehead atoms. The van der Waals surface area contributed by atoms with Gasteiger partial charge in [-0.2, -0.15) is 4.98 Å². The van der Waals surface area contributed by atoms with Gasteiger partial charge >= 0.3 is 0 Å². The lowest BCUT2D eigenvalue weighted by molar-refractivity contribution is -0.130. The summed E-state index contributed by atoms with van der Waals surface area (Å²) >= 11 is 1.39. The Morgan fingerprint density at radius 2 is 1.83 bits per heavy atom. The highest BCUT2D eigenvalue weighted by molar-refractivity contribution is 7.99. The first-order valence-corrected chi connectivity index (χ1v) is 11.3. The Balaban J connectivity index is 1.30. The molecule has 158 valence electrons. The number of thioether (sulfide) groups is 1. The molecular formula is C22H28N6OS. The van der Waals surface area contributed by atoms with E-state index in [1.807, 2.05) is 25.7 Å². The molecule has 0 N–H and O–H groups in total. The van der Waals surface area contributed by atoms with Gasteiger partial charge in [0, 0.05) is 44.1 Å². The summed E-state index contributed by atoms with van der Waals surface area (Å²) in [5, 5.41) is 5.12. The van der Waals surface area contributed by atoms with Crippen molar-refractivity contribution in [3.63, 3.8) is 0 Å². The topological polar surface area (TPSA) is 66.6 Å². The number of benzene rings is 1. The third kappa shape index (κ3) is 4.49. The minimum Gasteiger partial charge on any atom is -0.339 e. The van der Waals surface area contributed by atoms with E-state index in [9.17, 15) is 4.79 Å². The fourth-order valence-corrected chi connectivity index (χ4v) is 4.46. The summed E-state index contributed by atoms with van der Waals surface area (Å²) in [6.45, 7) is 12.4. The Bertz CT molecular complexity index is 1070. The van der Waals surface area contributed by atoms with Gasteiger partial charge in [0.25, 0.3) is 5.78 Å². The Morgan fingerprint density at radius 3 is 2.57 bits per heavy atom. The molecule has 8 heteroatoms.